The van der Waals surface area contributed by atoms with Gasteiger partial charge >= 0.3 is 0 Å². The third kappa shape index (κ3) is 3.45. The molecule has 2 aromatic rings. The van der Waals surface area contributed by atoms with Crippen LogP contribution in [0.25, 0.3) is 0 Å². The number of piperidine rings is 1. The quantitative estimate of drug-likeness (QED) is 0.908. The Morgan fingerprint density at radius 2 is 2.05 bits per heavy atom. The second-order valence-electron chi connectivity index (χ2n) is 5.39. The monoisotopic (exact) mass is 271 g/mol. The Balaban J connectivity index is 1.50. The van der Waals surface area contributed by atoms with Crippen LogP contribution < -0.4 is 5.32 Å². The standard InChI is InChI=1S/C16H21N3O/c1-2-7-13(8-3-1)9-6-11-15-18-16(19-20-15)14-10-4-5-12-17-14/h1-3,7-8,14,17H,4-6,9-12H2. The fourth-order valence-corrected chi connectivity index (χ4v) is 2.67. The number of nitrogens with zero attached hydrogens (tertiary/aromatic N) is 2. The second kappa shape index (κ2) is 6.66. The molecular formula is C16H21N3O. The molecule has 1 aliphatic heterocycles. The van der Waals surface area contributed by atoms with Crippen molar-refractivity contribution in [2.75, 3.05) is 6.54 Å². The van der Waals surface area contributed by atoms with Gasteiger partial charge in [0.1, 0.15) is 0 Å². The van der Waals surface area contributed by atoms with E-state index in [1.54, 1.807) is 0 Å². The van der Waals surface area contributed by atoms with E-state index >= 15 is 0 Å². The zero-order valence-corrected chi connectivity index (χ0v) is 11.7. The van der Waals surface area contributed by atoms with Crippen LogP contribution in [0.4, 0.5) is 0 Å². The Kier molecular flexibility index (Phi) is 4.43. The molecule has 1 saturated heterocycles. The summed E-state index contributed by atoms with van der Waals surface area (Å²) in [6.07, 6.45) is 6.56. The summed E-state index contributed by atoms with van der Waals surface area (Å²) in [5.74, 6) is 1.60. The predicted octanol–water partition coefficient (Wildman–Crippen LogP) is 3.06. The van der Waals surface area contributed by atoms with Gasteiger partial charge in [0.05, 0.1) is 6.04 Å². The van der Waals surface area contributed by atoms with Crippen molar-refractivity contribution in [1.82, 2.24) is 15.5 Å². The molecule has 1 fully saturated rings. The average Bonchev–Trinajstić information content (AvgIpc) is 2.98. The summed E-state index contributed by atoms with van der Waals surface area (Å²) in [5.41, 5.74) is 1.36. The molecule has 4 nitrogen and oxygen atoms in total. The van der Waals surface area contributed by atoms with Gasteiger partial charge in [0.15, 0.2) is 5.82 Å². The molecule has 0 aliphatic carbocycles. The Bertz CT molecular complexity index is 518. The first kappa shape index (κ1) is 13.3. The number of benzene rings is 1. The van der Waals surface area contributed by atoms with E-state index < -0.39 is 0 Å². The molecule has 1 unspecified atom stereocenters. The van der Waals surface area contributed by atoms with E-state index in [2.05, 4.69) is 39.7 Å². The third-order valence-corrected chi connectivity index (χ3v) is 3.80. The van der Waals surface area contributed by atoms with Gasteiger partial charge in [-0.15, -0.1) is 0 Å². The zero-order valence-electron chi connectivity index (χ0n) is 11.7. The van der Waals surface area contributed by atoms with Gasteiger partial charge < -0.3 is 9.84 Å². The van der Waals surface area contributed by atoms with Crippen molar-refractivity contribution in [3.05, 3.63) is 47.6 Å². The third-order valence-electron chi connectivity index (χ3n) is 3.80. The molecule has 20 heavy (non-hydrogen) atoms. The van der Waals surface area contributed by atoms with E-state index in [0.717, 1.165) is 43.9 Å². The van der Waals surface area contributed by atoms with E-state index in [-0.39, 0.29) is 6.04 Å². The minimum absolute atomic E-state index is 0.287. The average molecular weight is 271 g/mol. The van der Waals surface area contributed by atoms with Gasteiger partial charge in [0.25, 0.3) is 0 Å². The topological polar surface area (TPSA) is 51.0 Å². The molecule has 0 saturated carbocycles. The molecule has 3 rings (SSSR count). The summed E-state index contributed by atoms with van der Waals surface area (Å²) in [6, 6.07) is 10.8. The van der Waals surface area contributed by atoms with Crippen molar-refractivity contribution in [3.8, 4) is 0 Å². The highest BCUT2D eigenvalue weighted by molar-refractivity contribution is 5.14. The molecule has 1 atom stereocenters. The lowest BCUT2D eigenvalue weighted by Gasteiger charge is -2.19. The summed E-state index contributed by atoms with van der Waals surface area (Å²) < 4.78 is 5.35. The summed E-state index contributed by atoms with van der Waals surface area (Å²) in [7, 11) is 0. The van der Waals surface area contributed by atoms with Crippen LogP contribution in [0.3, 0.4) is 0 Å². The van der Waals surface area contributed by atoms with Gasteiger partial charge in [-0.25, -0.2) is 0 Å². The summed E-state index contributed by atoms with van der Waals surface area (Å²) in [6.45, 7) is 1.06. The first-order chi connectivity index (χ1) is 9.92. The van der Waals surface area contributed by atoms with Crippen LogP contribution in [0.1, 0.15) is 49.0 Å². The lowest BCUT2D eigenvalue weighted by atomic mass is 10.0. The Morgan fingerprint density at radius 3 is 2.85 bits per heavy atom. The van der Waals surface area contributed by atoms with Crippen molar-refractivity contribution in [1.29, 1.82) is 0 Å². The number of aromatic nitrogens is 2. The fourth-order valence-electron chi connectivity index (χ4n) is 2.67. The molecule has 1 aromatic heterocycles. The number of aryl methyl sites for hydroxylation is 2. The van der Waals surface area contributed by atoms with E-state index in [4.69, 9.17) is 4.52 Å². The highest BCUT2D eigenvalue weighted by Crippen LogP contribution is 2.20. The van der Waals surface area contributed by atoms with Gasteiger partial charge in [0, 0.05) is 6.42 Å². The molecule has 0 bridgehead atoms. The minimum atomic E-state index is 0.287. The number of hydrogen-bond donors (Lipinski definition) is 1. The molecule has 4 heteroatoms. The van der Waals surface area contributed by atoms with Gasteiger partial charge in [-0.1, -0.05) is 41.9 Å². The van der Waals surface area contributed by atoms with Crippen LogP contribution >= 0.6 is 0 Å². The van der Waals surface area contributed by atoms with Crippen molar-refractivity contribution in [2.24, 2.45) is 0 Å². The van der Waals surface area contributed by atoms with E-state index in [1.807, 2.05) is 6.07 Å². The zero-order chi connectivity index (χ0) is 13.6. The maximum absolute atomic E-state index is 5.35. The predicted molar refractivity (Wildman–Crippen MR) is 77.4 cm³/mol. The summed E-state index contributed by atoms with van der Waals surface area (Å²) >= 11 is 0. The normalized spacial score (nSPS) is 19.1. The van der Waals surface area contributed by atoms with Crippen LogP contribution in [-0.2, 0) is 12.8 Å². The van der Waals surface area contributed by atoms with E-state index in [1.165, 1.54) is 18.4 Å². The molecule has 106 valence electrons. The fraction of sp³-hybridized carbons (Fsp3) is 0.500. The van der Waals surface area contributed by atoms with Crippen LogP contribution in [-0.4, -0.2) is 16.7 Å². The van der Waals surface area contributed by atoms with Gasteiger partial charge in [-0.05, 0) is 37.8 Å². The highest BCUT2D eigenvalue weighted by atomic mass is 16.5. The summed E-state index contributed by atoms with van der Waals surface area (Å²) in [5, 5.41) is 7.56. The van der Waals surface area contributed by atoms with Crippen molar-refractivity contribution < 1.29 is 4.52 Å². The molecule has 1 N–H and O–H groups in total. The van der Waals surface area contributed by atoms with Crippen molar-refractivity contribution in [3.63, 3.8) is 0 Å². The van der Waals surface area contributed by atoms with Crippen molar-refractivity contribution in [2.45, 2.75) is 44.6 Å². The van der Waals surface area contributed by atoms with Crippen LogP contribution in [0.5, 0.6) is 0 Å². The Hall–Kier alpha value is -1.68. The first-order valence-corrected chi connectivity index (χ1v) is 7.51. The summed E-state index contributed by atoms with van der Waals surface area (Å²) in [4.78, 5) is 4.52. The number of rotatable bonds is 5. The SMILES string of the molecule is c1ccc(CCCc2nc(C3CCCCN3)no2)cc1. The highest BCUT2D eigenvalue weighted by Gasteiger charge is 2.19. The smallest absolute Gasteiger partial charge is 0.226 e. The Morgan fingerprint density at radius 1 is 1.15 bits per heavy atom. The van der Waals surface area contributed by atoms with Gasteiger partial charge in [-0.3, -0.25) is 0 Å². The van der Waals surface area contributed by atoms with Crippen LogP contribution in [0, 0.1) is 0 Å². The lowest BCUT2D eigenvalue weighted by Crippen LogP contribution is -2.27. The van der Waals surface area contributed by atoms with E-state index in [9.17, 15) is 0 Å². The molecule has 0 amide bonds. The molecule has 0 radical (unpaired) electrons. The number of nitrogens with one attached hydrogen (secondary N) is 1. The largest absolute Gasteiger partial charge is 0.339 e. The van der Waals surface area contributed by atoms with Crippen LogP contribution in [0.15, 0.2) is 34.9 Å². The maximum atomic E-state index is 5.35. The molecule has 1 aromatic carbocycles. The van der Waals surface area contributed by atoms with Crippen LogP contribution in [0.2, 0.25) is 0 Å². The van der Waals surface area contributed by atoms with Gasteiger partial charge in [-0.2, -0.15) is 4.98 Å². The molecule has 1 aliphatic rings. The van der Waals surface area contributed by atoms with Crippen molar-refractivity contribution >= 4 is 0 Å². The van der Waals surface area contributed by atoms with E-state index in [0.29, 0.717) is 0 Å². The lowest BCUT2D eigenvalue weighted by molar-refractivity contribution is 0.347. The molecule has 0 spiro atoms. The van der Waals surface area contributed by atoms with Gasteiger partial charge in [0.2, 0.25) is 5.89 Å². The second-order valence-corrected chi connectivity index (χ2v) is 5.39. The Labute approximate surface area is 119 Å². The molecular weight excluding hydrogens is 250 g/mol. The maximum Gasteiger partial charge on any atom is 0.226 e. The minimum Gasteiger partial charge on any atom is -0.339 e. The first-order valence-electron chi connectivity index (χ1n) is 7.51. The number of hydrogen-bond acceptors (Lipinski definition) is 4. The molecule has 2 heterocycles.